The fraction of sp³-hybridized carbons (Fsp3) is 0.650. The smallest absolute Gasteiger partial charge is 0.317 e. The number of hydrogen-bond donors (Lipinski definition) is 1. The van der Waals surface area contributed by atoms with E-state index in [1.54, 1.807) is 0 Å². The third-order valence-corrected chi connectivity index (χ3v) is 5.28. The van der Waals surface area contributed by atoms with Crippen LogP contribution in [0.4, 0.5) is 4.79 Å². The van der Waals surface area contributed by atoms with Gasteiger partial charge in [0.25, 0.3) is 0 Å². The third kappa shape index (κ3) is 5.72. The molecule has 1 N–H and O–H groups in total. The zero-order valence-electron chi connectivity index (χ0n) is 15.2. The molecule has 2 amide bonds. The Hall–Kier alpha value is -1.59. The standard InChI is InChI=1S/C20H31N3O2/c24-20(21-11-8-18-6-2-1-3-7-18)23(19-9-16-25-17-10-19)15-14-22-12-4-5-13-22/h1-3,6-7,19H,4-5,8-17H2,(H,21,24). The van der Waals surface area contributed by atoms with E-state index < -0.39 is 0 Å². The predicted octanol–water partition coefficient (Wildman–Crippen LogP) is 2.52. The molecule has 138 valence electrons. The van der Waals surface area contributed by atoms with Crippen molar-refractivity contribution < 1.29 is 9.53 Å². The van der Waals surface area contributed by atoms with E-state index >= 15 is 0 Å². The van der Waals surface area contributed by atoms with Gasteiger partial charge in [0, 0.05) is 38.9 Å². The quantitative estimate of drug-likeness (QED) is 0.826. The van der Waals surface area contributed by atoms with Crippen LogP contribution in [0.5, 0.6) is 0 Å². The number of nitrogens with one attached hydrogen (secondary N) is 1. The Morgan fingerprint density at radius 2 is 1.88 bits per heavy atom. The van der Waals surface area contributed by atoms with Gasteiger partial charge in [-0.2, -0.15) is 0 Å². The van der Waals surface area contributed by atoms with Gasteiger partial charge in [-0.15, -0.1) is 0 Å². The van der Waals surface area contributed by atoms with Crippen LogP contribution in [0.3, 0.4) is 0 Å². The molecule has 3 rings (SSSR count). The minimum Gasteiger partial charge on any atom is -0.381 e. The Kier molecular flexibility index (Phi) is 7.12. The molecule has 0 atom stereocenters. The summed E-state index contributed by atoms with van der Waals surface area (Å²) in [5.74, 6) is 0. The fourth-order valence-corrected chi connectivity index (χ4v) is 3.76. The van der Waals surface area contributed by atoms with Crippen molar-refractivity contribution >= 4 is 6.03 Å². The number of nitrogens with zero attached hydrogens (tertiary/aromatic N) is 2. The molecule has 2 aliphatic rings. The van der Waals surface area contributed by atoms with Crippen molar-refractivity contribution in [2.75, 3.05) is 45.9 Å². The Morgan fingerprint density at radius 1 is 1.16 bits per heavy atom. The van der Waals surface area contributed by atoms with Crippen LogP contribution < -0.4 is 5.32 Å². The molecule has 0 aliphatic carbocycles. The van der Waals surface area contributed by atoms with Gasteiger partial charge in [0.2, 0.25) is 0 Å². The normalized spacial score (nSPS) is 19.0. The van der Waals surface area contributed by atoms with E-state index in [1.165, 1.54) is 31.5 Å². The number of rotatable bonds is 7. The lowest BCUT2D eigenvalue weighted by molar-refractivity contribution is 0.0437. The van der Waals surface area contributed by atoms with E-state index in [1.807, 2.05) is 18.2 Å². The summed E-state index contributed by atoms with van der Waals surface area (Å²) in [5, 5.41) is 3.13. The molecule has 2 fully saturated rings. The molecule has 0 radical (unpaired) electrons. The largest absolute Gasteiger partial charge is 0.381 e. The molecule has 5 nitrogen and oxygen atoms in total. The molecule has 1 aromatic carbocycles. The molecular formula is C20H31N3O2. The highest BCUT2D eigenvalue weighted by atomic mass is 16.5. The molecular weight excluding hydrogens is 314 g/mol. The monoisotopic (exact) mass is 345 g/mol. The van der Waals surface area contributed by atoms with Crippen LogP contribution in [0.2, 0.25) is 0 Å². The summed E-state index contributed by atoms with van der Waals surface area (Å²) < 4.78 is 5.48. The van der Waals surface area contributed by atoms with Crippen LogP contribution in [0.25, 0.3) is 0 Å². The number of ether oxygens (including phenoxy) is 1. The SMILES string of the molecule is O=C(NCCc1ccccc1)N(CCN1CCCC1)C1CCOCC1. The lowest BCUT2D eigenvalue weighted by atomic mass is 10.1. The highest BCUT2D eigenvalue weighted by Gasteiger charge is 2.26. The van der Waals surface area contributed by atoms with Gasteiger partial charge in [0.15, 0.2) is 0 Å². The number of likely N-dealkylation sites (tertiary alicyclic amines) is 1. The fourth-order valence-electron chi connectivity index (χ4n) is 3.76. The highest BCUT2D eigenvalue weighted by Crippen LogP contribution is 2.16. The van der Waals surface area contributed by atoms with Crippen molar-refractivity contribution in [3.8, 4) is 0 Å². The summed E-state index contributed by atoms with van der Waals surface area (Å²) >= 11 is 0. The van der Waals surface area contributed by atoms with Crippen LogP contribution in [0, 0.1) is 0 Å². The maximum atomic E-state index is 12.8. The van der Waals surface area contributed by atoms with Gasteiger partial charge < -0.3 is 19.9 Å². The van der Waals surface area contributed by atoms with Crippen molar-refractivity contribution in [2.45, 2.75) is 38.1 Å². The summed E-state index contributed by atoms with van der Waals surface area (Å²) in [6.07, 6.45) is 5.36. The predicted molar refractivity (Wildman–Crippen MR) is 99.8 cm³/mol. The second-order valence-electron chi connectivity index (χ2n) is 7.05. The second-order valence-corrected chi connectivity index (χ2v) is 7.05. The van der Waals surface area contributed by atoms with Crippen LogP contribution in [-0.4, -0.2) is 67.8 Å². The Morgan fingerprint density at radius 3 is 2.60 bits per heavy atom. The van der Waals surface area contributed by atoms with Crippen molar-refractivity contribution in [1.29, 1.82) is 0 Å². The van der Waals surface area contributed by atoms with Crippen LogP contribution in [0.15, 0.2) is 30.3 Å². The van der Waals surface area contributed by atoms with E-state index in [4.69, 9.17) is 4.74 Å². The van der Waals surface area contributed by atoms with Crippen LogP contribution in [-0.2, 0) is 11.2 Å². The number of hydrogen-bond acceptors (Lipinski definition) is 3. The molecule has 2 heterocycles. The van der Waals surface area contributed by atoms with E-state index in [0.29, 0.717) is 12.6 Å². The van der Waals surface area contributed by atoms with Crippen molar-refractivity contribution in [1.82, 2.24) is 15.1 Å². The van der Waals surface area contributed by atoms with Crippen LogP contribution in [0.1, 0.15) is 31.2 Å². The first-order valence-corrected chi connectivity index (χ1v) is 9.71. The van der Waals surface area contributed by atoms with E-state index in [-0.39, 0.29) is 6.03 Å². The van der Waals surface area contributed by atoms with Gasteiger partial charge in [0.05, 0.1) is 0 Å². The van der Waals surface area contributed by atoms with E-state index in [9.17, 15) is 4.79 Å². The van der Waals surface area contributed by atoms with Gasteiger partial charge in [-0.3, -0.25) is 0 Å². The highest BCUT2D eigenvalue weighted by molar-refractivity contribution is 5.74. The van der Waals surface area contributed by atoms with Crippen LogP contribution >= 0.6 is 0 Å². The van der Waals surface area contributed by atoms with E-state index in [2.05, 4.69) is 27.2 Å². The number of benzene rings is 1. The summed E-state index contributed by atoms with van der Waals surface area (Å²) in [5.41, 5.74) is 1.26. The first kappa shape index (κ1) is 18.2. The first-order chi connectivity index (χ1) is 12.3. The summed E-state index contributed by atoms with van der Waals surface area (Å²) in [7, 11) is 0. The lowest BCUT2D eigenvalue weighted by Gasteiger charge is -2.35. The second kappa shape index (κ2) is 9.78. The lowest BCUT2D eigenvalue weighted by Crippen LogP contribution is -2.51. The molecule has 0 bridgehead atoms. The molecule has 2 aliphatic heterocycles. The molecule has 2 saturated heterocycles. The average Bonchev–Trinajstić information content (AvgIpc) is 3.17. The average molecular weight is 345 g/mol. The Bertz CT molecular complexity index is 511. The minimum atomic E-state index is 0.0852. The molecule has 0 aromatic heterocycles. The van der Waals surface area contributed by atoms with Crippen molar-refractivity contribution in [3.05, 3.63) is 35.9 Å². The van der Waals surface area contributed by atoms with Gasteiger partial charge >= 0.3 is 6.03 Å². The molecule has 0 unspecified atom stereocenters. The Balaban J connectivity index is 1.50. The van der Waals surface area contributed by atoms with Crippen molar-refractivity contribution in [2.24, 2.45) is 0 Å². The minimum absolute atomic E-state index is 0.0852. The molecule has 5 heteroatoms. The van der Waals surface area contributed by atoms with Gasteiger partial charge in [-0.25, -0.2) is 4.79 Å². The maximum absolute atomic E-state index is 12.8. The number of carbonyl (C=O) groups is 1. The summed E-state index contributed by atoms with van der Waals surface area (Å²) in [4.78, 5) is 17.3. The summed E-state index contributed by atoms with van der Waals surface area (Å²) in [6, 6.07) is 10.7. The Labute approximate surface area is 151 Å². The number of amides is 2. The van der Waals surface area contributed by atoms with Gasteiger partial charge in [-0.1, -0.05) is 30.3 Å². The molecule has 0 saturated carbocycles. The van der Waals surface area contributed by atoms with E-state index in [0.717, 1.165) is 45.6 Å². The van der Waals surface area contributed by atoms with Crippen molar-refractivity contribution in [3.63, 3.8) is 0 Å². The third-order valence-electron chi connectivity index (χ3n) is 5.28. The number of carbonyl (C=O) groups excluding carboxylic acids is 1. The summed E-state index contributed by atoms with van der Waals surface area (Å²) in [6.45, 7) is 6.39. The first-order valence-electron chi connectivity index (χ1n) is 9.71. The molecule has 25 heavy (non-hydrogen) atoms. The maximum Gasteiger partial charge on any atom is 0.317 e. The van der Waals surface area contributed by atoms with Gasteiger partial charge in [-0.05, 0) is 50.8 Å². The zero-order chi connectivity index (χ0) is 17.3. The number of urea groups is 1. The molecule has 1 aromatic rings. The van der Waals surface area contributed by atoms with Gasteiger partial charge in [0.1, 0.15) is 0 Å². The topological polar surface area (TPSA) is 44.8 Å². The molecule has 0 spiro atoms. The zero-order valence-corrected chi connectivity index (χ0v) is 15.2.